The van der Waals surface area contributed by atoms with Crippen LogP contribution in [0, 0.1) is 0 Å². The highest BCUT2D eigenvalue weighted by Crippen LogP contribution is 2.26. The van der Waals surface area contributed by atoms with Gasteiger partial charge in [0.1, 0.15) is 16.4 Å². The maximum Gasteiger partial charge on any atom is 0.338 e. The van der Waals surface area contributed by atoms with Gasteiger partial charge in [-0.2, -0.15) is 0 Å². The number of hydrogen-bond acceptors (Lipinski definition) is 5. The molecular weight excluding hydrogens is 327 g/mol. The molecule has 0 aromatic carbocycles. The molecule has 2 aromatic rings. The van der Waals surface area contributed by atoms with Gasteiger partial charge < -0.3 is 5.11 Å². The molecule has 0 fully saturated rings. The van der Waals surface area contributed by atoms with Gasteiger partial charge in [-0.25, -0.2) is 19.6 Å². The zero-order chi connectivity index (χ0) is 14.7. The number of nitrogens with zero attached hydrogens (tertiary/aromatic N) is 2. The number of carboxylic acids is 1. The first-order valence-corrected chi connectivity index (χ1v) is 6.67. The predicted octanol–water partition coefficient (Wildman–Crippen LogP) is 3.19. The van der Waals surface area contributed by atoms with Crippen LogP contribution in [0.5, 0.6) is 0 Å². The van der Waals surface area contributed by atoms with E-state index in [0.29, 0.717) is 0 Å². The monoisotopic (exact) mass is 332 g/mol. The number of carbonyl (C=O) groups is 2. The van der Waals surface area contributed by atoms with Crippen molar-refractivity contribution >= 4 is 57.4 Å². The molecule has 2 amide bonds. The van der Waals surface area contributed by atoms with Crippen LogP contribution in [0.2, 0.25) is 10.2 Å². The minimum absolute atomic E-state index is 0.000634. The molecule has 0 spiro atoms. The topological polar surface area (TPSA) is 104 Å². The minimum Gasteiger partial charge on any atom is -0.478 e. The van der Waals surface area contributed by atoms with Crippen LogP contribution in [0.15, 0.2) is 17.8 Å². The second-order valence-electron chi connectivity index (χ2n) is 3.37. The predicted molar refractivity (Wildman–Crippen MR) is 76.0 cm³/mol. The molecule has 3 N–H and O–H groups in total. The first-order valence-electron chi connectivity index (χ1n) is 5.04. The Bertz CT molecular complexity index is 676. The third-order valence-corrected chi connectivity index (χ3v) is 3.67. The molecule has 2 heterocycles. The van der Waals surface area contributed by atoms with Crippen LogP contribution in [0.25, 0.3) is 0 Å². The highest BCUT2D eigenvalue weighted by molar-refractivity contribution is 7.14. The average molecular weight is 333 g/mol. The molecule has 0 saturated carbocycles. The number of halogens is 2. The molecule has 20 heavy (non-hydrogen) atoms. The molecule has 0 radical (unpaired) electrons. The van der Waals surface area contributed by atoms with E-state index in [1.54, 1.807) is 5.38 Å². The van der Waals surface area contributed by atoms with Gasteiger partial charge in [0.05, 0.1) is 5.56 Å². The Morgan fingerprint density at radius 3 is 2.70 bits per heavy atom. The quantitative estimate of drug-likeness (QED) is 0.748. The maximum atomic E-state index is 11.7. The number of thiophene rings is 1. The largest absolute Gasteiger partial charge is 0.478 e. The first-order chi connectivity index (χ1) is 9.49. The minimum atomic E-state index is -1.13. The van der Waals surface area contributed by atoms with Crippen molar-refractivity contribution < 1.29 is 14.7 Å². The summed E-state index contributed by atoms with van der Waals surface area (Å²) in [5, 5.41) is 15.4. The van der Waals surface area contributed by atoms with Crippen molar-refractivity contribution in [2.24, 2.45) is 0 Å². The standard InChI is InChI=1S/C10H6Cl2N4O3S/c11-5-6(12)13-3-14-7(5)15-10(19)16-8-4(9(17)18)1-2-20-8/h1-3H,(H,17,18)(H2,13,14,15,16,19). The Morgan fingerprint density at radius 2 is 2.00 bits per heavy atom. The summed E-state index contributed by atoms with van der Waals surface area (Å²) in [5.41, 5.74) is -0.00281. The second kappa shape index (κ2) is 6.04. The van der Waals surface area contributed by atoms with Gasteiger partial charge in [-0.1, -0.05) is 23.2 Å². The second-order valence-corrected chi connectivity index (χ2v) is 5.03. The highest BCUT2D eigenvalue weighted by Gasteiger charge is 2.15. The SMILES string of the molecule is O=C(Nc1ncnc(Cl)c1Cl)Nc1sccc1C(=O)O. The number of urea groups is 1. The Balaban J connectivity index is 2.11. The zero-order valence-corrected chi connectivity index (χ0v) is 11.9. The lowest BCUT2D eigenvalue weighted by Crippen LogP contribution is -2.21. The highest BCUT2D eigenvalue weighted by atomic mass is 35.5. The molecule has 0 saturated heterocycles. The molecule has 7 nitrogen and oxygen atoms in total. The Morgan fingerprint density at radius 1 is 1.25 bits per heavy atom. The van der Waals surface area contributed by atoms with Gasteiger partial charge in [0.25, 0.3) is 0 Å². The molecule has 0 bridgehead atoms. The van der Waals surface area contributed by atoms with E-state index < -0.39 is 12.0 Å². The maximum absolute atomic E-state index is 11.7. The molecule has 0 atom stereocenters. The number of anilines is 2. The van der Waals surface area contributed by atoms with Gasteiger partial charge in [-0.05, 0) is 11.4 Å². The van der Waals surface area contributed by atoms with Crippen LogP contribution in [0.3, 0.4) is 0 Å². The van der Waals surface area contributed by atoms with Crippen molar-refractivity contribution in [2.75, 3.05) is 10.6 Å². The van der Waals surface area contributed by atoms with Crippen LogP contribution in [0.1, 0.15) is 10.4 Å². The van der Waals surface area contributed by atoms with Gasteiger partial charge in [0, 0.05) is 0 Å². The summed E-state index contributed by atoms with van der Waals surface area (Å²) < 4.78 is 0. The van der Waals surface area contributed by atoms with Crippen molar-refractivity contribution in [2.45, 2.75) is 0 Å². The number of hydrogen-bond donors (Lipinski definition) is 3. The Hall–Kier alpha value is -1.90. The number of rotatable bonds is 3. The smallest absolute Gasteiger partial charge is 0.338 e. The summed E-state index contributed by atoms with van der Waals surface area (Å²) in [6.45, 7) is 0. The summed E-state index contributed by atoms with van der Waals surface area (Å²) >= 11 is 12.6. The first kappa shape index (κ1) is 14.5. The van der Waals surface area contributed by atoms with E-state index in [1.165, 1.54) is 6.07 Å². The molecule has 2 rings (SSSR count). The Labute approximate surface area is 126 Å². The summed E-state index contributed by atoms with van der Waals surface area (Å²) in [7, 11) is 0. The molecular formula is C10H6Cl2N4O3S. The average Bonchev–Trinajstić information content (AvgIpc) is 2.83. The molecule has 0 aliphatic carbocycles. The van der Waals surface area contributed by atoms with Gasteiger partial charge in [0.15, 0.2) is 11.0 Å². The van der Waals surface area contributed by atoms with Gasteiger partial charge in [-0.3, -0.25) is 10.6 Å². The van der Waals surface area contributed by atoms with E-state index in [1.807, 2.05) is 0 Å². The van der Waals surface area contributed by atoms with E-state index in [9.17, 15) is 9.59 Å². The van der Waals surface area contributed by atoms with Crippen molar-refractivity contribution in [3.8, 4) is 0 Å². The van der Waals surface area contributed by atoms with Gasteiger partial charge in [0.2, 0.25) is 0 Å². The summed E-state index contributed by atoms with van der Waals surface area (Å²) in [6, 6.07) is 0.698. The summed E-state index contributed by atoms with van der Waals surface area (Å²) in [6.07, 6.45) is 1.14. The number of aromatic nitrogens is 2. The molecule has 10 heteroatoms. The van der Waals surface area contributed by atoms with Gasteiger partial charge in [-0.15, -0.1) is 11.3 Å². The van der Waals surface area contributed by atoms with Crippen molar-refractivity contribution in [3.05, 3.63) is 33.5 Å². The van der Waals surface area contributed by atoms with Gasteiger partial charge >= 0.3 is 12.0 Å². The van der Waals surface area contributed by atoms with E-state index in [-0.39, 0.29) is 26.6 Å². The number of carboxylic acid groups (broad SMARTS) is 1. The van der Waals surface area contributed by atoms with Crippen LogP contribution in [-0.2, 0) is 0 Å². The fourth-order valence-electron chi connectivity index (χ4n) is 1.25. The third-order valence-electron chi connectivity index (χ3n) is 2.10. The zero-order valence-electron chi connectivity index (χ0n) is 9.55. The molecule has 0 unspecified atom stereocenters. The number of carbonyl (C=O) groups excluding carboxylic acids is 1. The van der Waals surface area contributed by atoms with Crippen LogP contribution in [0.4, 0.5) is 15.6 Å². The summed E-state index contributed by atoms with van der Waals surface area (Å²) in [4.78, 5) is 30.0. The van der Waals surface area contributed by atoms with E-state index in [2.05, 4.69) is 20.6 Å². The summed E-state index contributed by atoms with van der Waals surface area (Å²) in [5.74, 6) is -1.11. The lowest BCUT2D eigenvalue weighted by molar-refractivity contribution is 0.0698. The Kier molecular flexibility index (Phi) is 4.38. The van der Waals surface area contributed by atoms with Crippen LogP contribution < -0.4 is 10.6 Å². The fourth-order valence-corrected chi connectivity index (χ4v) is 2.30. The number of amides is 2. The third kappa shape index (κ3) is 3.16. The normalized spacial score (nSPS) is 10.1. The van der Waals surface area contributed by atoms with Crippen LogP contribution >= 0.6 is 34.5 Å². The van der Waals surface area contributed by atoms with Crippen molar-refractivity contribution in [1.29, 1.82) is 0 Å². The molecule has 0 aliphatic rings. The van der Waals surface area contributed by atoms with Crippen molar-refractivity contribution in [1.82, 2.24) is 9.97 Å². The molecule has 0 aliphatic heterocycles. The van der Waals surface area contributed by atoms with Crippen LogP contribution in [-0.4, -0.2) is 27.1 Å². The van der Waals surface area contributed by atoms with E-state index in [0.717, 1.165) is 17.7 Å². The number of aromatic carboxylic acids is 1. The fraction of sp³-hybridized carbons (Fsp3) is 0. The lowest BCUT2D eigenvalue weighted by Gasteiger charge is -2.07. The molecule has 104 valence electrons. The van der Waals surface area contributed by atoms with Crippen molar-refractivity contribution in [3.63, 3.8) is 0 Å². The van der Waals surface area contributed by atoms with E-state index in [4.69, 9.17) is 28.3 Å². The van der Waals surface area contributed by atoms with E-state index >= 15 is 0 Å². The molecule has 2 aromatic heterocycles. The lowest BCUT2D eigenvalue weighted by atomic mass is 10.3. The number of nitrogens with one attached hydrogen (secondary N) is 2.